The van der Waals surface area contributed by atoms with E-state index >= 15 is 0 Å². The Labute approximate surface area is 128 Å². The molecule has 0 bridgehead atoms. The fourth-order valence-electron chi connectivity index (χ4n) is 2.81. The maximum atomic E-state index is 12.1. The molecule has 1 heterocycles. The average Bonchev–Trinajstić information content (AvgIpc) is 3.35. The second kappa shape index (κ2) is 8.56. The number of nitrogens with one attached hydrogen (secondary N) is 1. The van der Waals surface area contributed by atoms with Gasteiger partial charge in [-0.2, -0.15) is 0 Å². The Balaban J connectivity index is 1.62. The standard InChI is InChI=1S/C15H30N4O2/c1-3-17-8-10-19(11-9-17)15(20)16-6-7-18(12-13-21-2)14-4-5-14/h14H,3-13H2,1-2H3,(H,16,20). The number of hydrogen-bond donors (Lipinski definition) is 1. The highest BCUT2D eigenvalue weighted by Crippen LogP contribution is 2.25. The molecule has 2 amide bonds. The molecular formula is C15H30N4O2. The largest absolute Gasteiger partial charge is 0.383 e. The number of urea groups is 1. The Bertz CT molecular complexity index is 315. The number of piperazine rings is 1. The van der Waals surface area contributed by atoms with Crippen molar-refractivity contribution < 1.29 is 9.53 Å². The molecule has 0 aromatic rings. The number of likely N-dealkylation sites (N-methyl/N-ethyl adjacent to an activating group) is 1. The van der Waals surface area contributed by atoms with Crippen LogP contribution in [0.1, 0.15) is 19.8 Å². The molecule has 6 heteroatoms. The fraction of sp³-hybridized carbons (Fsp3) is 0.933. The summed E-state index contributed by atoms with van der Waals surface area (Å²) in [6, 6.07) is 0.804. The highest BCUT2D eigenvalue weighted by molar-refractivity contribution is 5.74. The van der Waals surface area contributed by atoms with Crippen molar-refractivity contribution in [2.24, 2.45) is 0 Å². The summed E-state index contributed by atoms with van der Waals surface area (Å²) < 4.78 is 5.15. The Morgan fingerprint density at radius 2 is 1.95 bits per heavy atom. The van der Waals surface area contributed by atoms with E-state index < -0.39 is 0 Å². The van der Waals surface area contributed by atoms with Crippen LogP contribution in [0, 0.1) is 0 Å². The quantitative estimate of drug-likeness (QED) is 0.707. The molecule has 1 aliphatic carbocycles. The van der Waals surface area contributed by atoms with Crippen LogP contribution in [0.15, 0.2) is 0 Å². The number of carbonyl (C=O) groups is 1. The molecule has 21 heavy (non-hydrogen) atoms. The number of carbonyl (C=O) groups excluding carboxylic acids is 1. The minimum absolute atomic E-state index is 0.0910. The molecule has 6 nitrogen and oxygen atoms in total. The molecule has 2 fully saturated rings. The number of hydrogen-bond acceptors (Lipinski definition) is 4. The van der Waals surface area contributed by atoms with E-state index in [1.807, 2.05) is 4.90 Å². The molecule has 0 spiro atoms. The summed E-state index contributed by atoms with van der Waals surface area (Å²) in [4.78, 5) is 18.9. The first-order valence-corrected chi connectivity index (χ1v) is 8.22. The monoisotopic (exact) mass is 298 g/mol. The van der Waals surface area contributed by atoms with Crippen LogP contribution in [0.2, 0.25) is 0 Å². The molecule has 0 aromatic heterocycles. The van der Waals surface area contributed by atoms with E-state index in [1.54, 1.807) is 7.11 Å². The lowest BCUT2D eigenvalue weighted by Crippen LogP contribution is -2.52. The lowest BCUT2D eigenvalue weighted by molar-refractivity contribution is 0.135. The van der Waals surface area contributed by atoms with Crippen molar-refractivity contribution in [3.05, 3.63) is 0 Å². The highest BCUT2D eigenvalue weighted by Gasteiger charge is 2.28. The van der Waals surface area contributed by atoms with Crippen LogP contribution in [0.4, 0.5) is 4.79 Å². The first-order valence-electron chi connectivity index (χ1n) is 8.22. The molecule has 122 valence electrons. The molecule has 1 aliphatic heterocycles. The van der Waals surface area contributed by atoms with Crippen molar-refractivity contribution in [3.8, 4) is 0 Å². The third kappa shape index (κ3) is 5.45. The van der Waals surface area contributed by atoms with Crippen molar-refractivity contribution in [2.45, 2.75) is 25.8 Å². The molecule has 2 aliphatic rings. The van der Waals surface area contributed by atoms with Gasteiger partial charge in [-0.05, 0) is 19.4 Å². The number of methoxy groups -OCH3 is 1. The van der Waals surface area contributed by atoms with Gasteiger partial charge in [-0.1, -0.05) is 6.92 Å². The van der Waals surface area contributed by atoms with Gasteiger partial charge in [0.1, 0.15) is 0 Å². The van der Waals surface area contributed by atoms with Gasteiger partial charge in [0.2, 0.25) is 0 Å². The van der Waals surface area contributed by atoms with Crippen molar-refractivity contribution in [2.75, 3.05) is 66.1 Å². The summed E-state index contributed by atoms with van der Waals surface area (Å²) in [5.41, 5.74) is 0. The average molecular weight is 298 g/mol. The fourth-order valence-corrected chi connectivity index (χ4v) is 2.81. The minimum atomic E-state index is 0.0910. The first kappa shape index (κ1) is 16.5. The molecule has 1 N–H and O–H groups in total. The maximum Gasteiger partial charge on any atom is 0.317 e. The summed E-state index contributed by atoms with van der Waals surface area (Å²) in [6.45, 7) is 10.3. The van der Waals surface area contributed by atoms with Gasteiger partial charge in [0.15, 0.2) is 0 Å². The van der Waals surface area contributed by atoms with Gasteiger partial charge in [0.25, 0.3) is 0 Å². The van der Waals surface area contributed by atoms with E-state index in [0.29, 0.717) is 6.04 Å². The molecule has 1 saturated heterocycles. The van der Waals surface area contributed by atoms with Gasteiger partial charge in [-0.3, -0.25) is 4.90 Å². The van der Waals surface area contributed by atoms with E-state index in [1.165, 1.54) is 12.8 Å². The number of nitrogens with zero attached hydrogens (tertiary/aromatic N) is 3. The SMILES string of the molecule is CCN1CCN(C(=O)NCCN(CCOC)C2CC2)CC1. The summed E-state index contributed by atoms with van der Waals surface area (Å²) in [5, 5.41) is 3.06. The van der Waals surface area contributed by atoms with Crippen molar-refractivity contribution in [3.63, 3.8) is 0 Å². The highest BCUT2D eigenvalue weighted by atomic mass is 16.5. The van der Waals surface area contributed by atoms with E-state index in [2.05, 4.69) is 22.0 Å². The van der Waals surface area contributed by atoms with Crippen LogP contribution in [0.3, 0.4) is 0 Å². The molecule has 0 unspecified atom stereocenters. The van der Waals surface area contributed by atoms with E-state index in [9.17, 15) is 4.79 Å². The summed E-state index contributed by atoms with van der Waals surface area (Å²) in [5.74, 6) is 0. The van der Waals surface area contributed by atoms with Crippen LogP contribution < -0.4 is 5.32 Å². The predicted molar refractivity (Wildman–Crippen MR) is 83.6 cm³/mol. The van der Waals surface area contributed by atoms with Gasteiger partial charge in [0, 0.05) is 59.0 Å². The Morgan fingerprint density at radius 3 is 2.52 bits per heavy atom. The van der Waals surface area contributed by atoms with Crippen LogP contribution in [-0.2, 0) is 4.74 Å². The first-order chi connectivity index (χ1) is 10.2. The second-order valence-corrected chi connectivity index (χ2v) is 5.91. The Morgan fingerprint density at radius 1 is 1.24 bits per heavy atom. The second-order valence-electron chi connectivity index (χ2n) is 5.91. The normalized spacial score (nSPS) is 20.0. The number of ether oxygens (including phenoxy) is 1. The van der Waals surface area contributed by atoms with Gasteiger partial charge >= 0.3 is 6.03 Å². The lowest BCUT2D eigenvalue weighted by atomic mass is 10.3. The molecule has 2 rings (SSSR count). The summed E-state index contributed by atoms with van der Waals surface area (Å²) in [6.07, 6.45) is 2.58. The lowest BCUT2D eigenvalue weighted by Gasteiger charge is -2.34. The number of rotatable bonds is 8. The van der Waals surface area contributed by atoms with Crippen LogP contribution in [0.5, 0.6) is 0 Å². The van der Waals surface area contributed by atoms with E-state index in [-0.39, 0.29) is 6.03 Å². The van der Waals surface area contributed by atoms with Gasteiger partial charge in [-0.25, -0.2) is 4.79 Å². The van der Waals surface area contributed by atoms with Crippen LogP contribution in [0.25, 0.3) is 0 Å². The molecule has 1 saturated carbocycles. The predicted octanol–water partition coefficient (Wildman–Crippen LogP) is 0.444. The zero-order chi connectivity index (χ0) is 15.1. The topological polar surface area (TPSA) is 48.0 Å². The van der Waals surface area contributed by atoms with Crippen LogP contribution >= 0.6 is 0 Å². The van der Waals surface area contributed by atoms with Crippen molar-refractivity contribution >= 4 is 6.03 Å². The molecule has 0 atom stereocenters. The zero-order valence-corrected chi connectivity index (χ0v) is 13.5. The van der Waals surface area contributed by atoms with Gasteiger partial charge < -0.3 is 19.9 Å². The summed E-state index contributed by atoms with van der Waals surface area (Å²) >= 11 is 0. The minimum Gasteiger partial charge on any atom is -0.383 e. The Kier molecular flexibility index (Phi) is 6.73. The third-order valence-corrected chi connectivity index (χ3v) is 4.43. The van der Waals surface area contributed by atoms with Gasteiger partial charge in [0.05, 0.1) is 6.61 Å². The molecule has 0 aromatic carbocycles. The van der Waals surface area contributed by atoms with E-state index in [0.717, 1.165) is 59.0 Å². The van der Waals surface area contributed by atoms with Crippen LogP contribution in [-0.4, -0.2) is 92.8 Å². The zero-order valence-electron chi connectivity index (χ0n) is 13.5. The Hall–Kier alpha value is -0.850. The van der Waals surface area contributed by atoms with E-state index in [4.69, 9.17) is 4.74 Å². The number of amides is 2. The maximum absolute atomic E-state index is 12.1. The van der Waals surface area contributed by atoms with Crippen molar-refractivity contribution in [1.82, 2.24) is 20.0 Å². The third-order valence-electron chi connectivity index (χ3n) is 4.43. The van der Waals surface area contributed by atoms with Crippen molar-refractivity contribution in [1.29, 1.82) is 0 Å². The smallest absolute Gasteiger partial charge is 0.317 e. The molecular weight excluding hydrogens is 268 g/mol. The van der Waals surface area contributed by atoms with Gasteiger partial charge in [-0.15, -0.1) is 0 Å². The summed E-state index contributed by atoms with van der Waals surface area (Å²) in [7, 11) is 1.74. The molecule has 0 radical (unpaired) electrons.